The van der Waals surface area contributed by atoms with Crippen molar-refractivity contribution in [2.24, 2.45) is 0 Å². The number of rotatable bonds is 3. The number of aromatic nitrogens is 2. The fraction of sp³-hybridized carbons (Fsp3) is 0.368. The van der Waals surface area contributed by atoms with E-state index in [1.807, 2.05) is 13.8 Å². The molecule has 1 N–H and O–H groups in total. The minimum atomic E-state index is -4.54. The molecule has 1 aliphatic heterocycles. The van der Waals surface area contributed by atoms with Crippen LogP contribution in [0.5, 0.6) is 0 Å². The minimum absolute atomic E-state index is 0.0512. The summed E-state index contributed by atoms with van der Waals surface area (Å²) >= 11 is 5.64. The molecule has 0 fully saturated rings. The van der Waals surface area contributed by atoms with E-state index in [2.05, 4.69) is 15.3 Å². The van der Waals surface area contributed by atoms with Gasteiger partial charge in [-0.2, -0.15) is 13.2 Å². The number of aryl methyl sites for hydroxylation is 1. The van der Waals surface area contributed by atoms with E-state index in [1.165, 1.54) is 24.5 Å². The SMILES string of the molecule is CC.Cc1ccc2c(c1)C(C(F)(F)F)CN(CC(=O)Nc1ncc(Cl)cn1)C2=O. The van der Waals surface area contributed by atoms with Crippen LogP contribution in [-0.4, -0.2) is 45.9 Å². The van der Waals surface area contributed by atoms with Gasteiger partial charge in [-0.05, 0) is 18.6 Å². The van der Waals surface area contributed by atoms with E-state index in [9.17, 15) is 22.8 Å². The number of fused-ring (bicyclic) bond motifs is 1. The molecule has 0 bridgehead atoms. The average molecular weight is 429 g/mol. The number of amides is 2. The van der Waals surface area contributed by atoms with Crippen LogP contribution in [0.15, 0.2) is 30.6 Å². The minimum Gasteiger partial charge on any atom is -0.328 e. The van der Waals surface area contributed by atoms with Crippen LogP contribution in [-0.2, 0) is 4.79 Å². The van der Waals surface area contributed by atoms with Crippen molar-refractivity contribution in [3.63, 3.8) is 0 Å². The fourth-order valence-electron chi connectivity index (χ4n) is 2.87. The summed E-state index contributed by atoms with van der Waals surface area (Å²) in [4.78, 5) is 33.1. The highest BCUT2D eigenvalue weighted by molar-refractivity contribution is 6.30. The highest BCUT2D eigenvalue weighted by atomic mass is 35.5. The van der Waals surface area contributed by atoms with E-state index in [0.717, 1.165) is 4.90 Å². The number of carbonyl (C=O) groups is 2. The lowest BCUT2D eigenvalue weighted by Gasteiger charge is -2.35. The number of nitrogens with zero attached hydrogens (tertiary/aromatic N) is 3. The molecule has 29 heavy (non-hydrogen) atoms. The van der Waals surface area contributed by atoms with Crippen LogP contribution < -0.4 is 5.32 Å². The second kappa shape index (κ2) is 9.21. The summed E-state index contributed by atoms with van der Waals surface area (Å²) in [6.45, 7) is 4.47. The summed E-state index contributed by atoms with van der Waals surface area (Å²) in [6.07, 6.45) is -2.03. The van der Waals surface area contributed by atoms with E-state index in [4.69, 9.17) is 11.6 Å². The van der Waals surface area contributed by atoms with Gasteiger partial charge in [0.05, 0.1) is 23.3 Å². The van der Waals surface area contributed by atoms with Gasteiger partial charge in [0.15, 0.2) is 0 Å². The van der Waals surface area contributed by atoms with Crippen molar-refractivity contribution in [3.8, 4) is 0 Å². The Morgan fingerprint density at radius 2 is 1.90 bits per heavy atom. The van der Waals surface area contributed by atoms with Gasteiger partial charge in [-0.25, -0.2) is 9.97 Å². The number of alkyl halides is 3. The molecule has 1 aliphatic rings. The lowest BCUT2D eigenvalue weighted by molar-refractivity contribution is -0.155. The molecule has 0 saturated heterocycles. The van der Waals surface area contributed by atoms with Gasteiger partial charge in [-0.1, -0.05) is 43.1 Å². The molecule has 0 saturated carbocycles. The van der Waals surface area contributed by atoms with E-state index in [-0.39, 0.29) is 22.1 Å². The van der Waals surface area contributed by atoms with Gasteiger partial charge < -0.3 is 4.90 Å². The van der Waals surface area contributed by atoms with Crippen molar-refractivity contribution in [1.29, 1.82) is 0 Å². The van der Waals surface area contributed by atoms with Crippen molar-refractivity contribution in [2.75, 3.05) is 18.4 Å². The van der Waals surface area contributed by atoms with Crippen molar-refractivity contribution < 1.29 is 22.8 Å². The molecule has 2 heterocycles. The normalized spacial score (nSPS) is 15.9. The quantitative estimate of drug-likeness (QED) is 0.794. The number of halogens is 4. The monoisotopic (exact) mass is 428 g/mol. The summed E-state index contributed by atoms with van der Waals surface area (Å²) in [7, 11) is 0. The van der Waals surface area contributed by atoms with Crippen LogP contribution in [0.3, 0.4) is 0 Å². The van der Waals surface area contributed by atoms with Gasteiger partial charge >= 0.3 is 6.18 Å². The van der Waals surface area contributed by atoms with Crippen LogP contribution >= 0.6 is 11.6 Å². The first kappa shape index (κ1) is 22.6. The van der Waals surface area contributed by atoms with Gasteiger partial charge in [0.2, 0.25) is 11.9 Å². The molecule has 2 aromatic rings. The maximum absolute atomic E-state index is 13.5. The predicted octanol–water partition coefficient (Wildman–Crippen LogP) is 4.21. The van der Waals surface area contributed by atoms with Crippen molar-refractivity contribution in [3.05, 3.63) is 52.3 Å². The lowest BCUT2D eigenvalue weighted by Crippen LogP contribution is -2.47. The number of nitrogens with one attached hydrogen (secondary N) is 1. The van der Waals surface area contributed by atoms with Gasteiger partial charge in [0, 0.05) is 12.1 Å². The van der Waals surface area contributed by atoms with Crippen molar-refractivity contribution in [1.82, 2.24) is 14.9 Å². The Bertz CT molecular complexity index is 888. The van der Waals surface area contributed by atoms with E-state index in [0.29, 0.717) is 5.56 Å². The Morgan fingerprint density at radius 3 is 2.48 bits per heavy atom. The Kier molecular flexibility index (Phi) is 7.18. The highest BCUT2D eigenvalue weighted by Gasteiger charge is 2.47. The Labute approximate surface area is 171 Å². The van der Waals surface area contributed by atoms with E-state index < -0.39 is 37.0 Å². The second-order valence-electron chi connectivity index (χ2n) is 6.14. The number of hydrogen-bond donors (Lipinski definition) is 1. The van der Waals surface area contributed by atoms with Crippen LogP contribution in [0.1, 0.15) is 41.3 Å². The van der Waals surface area contributed by atoms with Gasteiger partial charge in [-0.3, -0.25) is 14.9 Å². The fourth-order valence-corrected chi connectivity index (χ4v) is 2.97. The molecule has 156 valence electrons. The second-order valence-corrected chi connectivity index (χ2v) is 6.58. The Hall–Kier alpha value is -2.68. The van der Waals surface area contributed by atoms with Crippen LogP contribution in [0.2, 0.25) is 5.02 Å². The number of anilines is 1. The number of benzene rings is 1. The first-order valence-electron chi connectivity index (χ1n) is 8.89. The summed E-state index contributed by atoms with van der Waals surface area (Å²) < 4.78 is 40.5. The molecule has 1 atom stereocenters. The highest BCUT2D eigenvalue weighted by Crippen LogP contribution is 2.40. The molecule has 0 aliphatic carbocycles. The Morgan fingerprint density at radius 1 is 1.28 bits per heavy atom. The smallest absolute Gasteiger partial charge is 0.328 e. The molecule has 0 radical (unpaired) electrons. The van der Waals surface area contributed by atoms with Crippen LogP contribution in [0.4, 0.5) is 19.1 Å². The largest absolute Gasteiger partial charge is 0.397 e. The third-order valence-electron chi connectivity index (χ3n) is 4.10. The summed E-state index contributed by atoms with van der Waals surface area (Å²) in [6, 6.07) is 4.29. The Balaban J connectivity index is 0.00000145. The molecule has 6 nitrogen and oxygen atoms in total. The zero-order chi connectivity index (χ0) is 21.8. The molecule has 1 aromatic heterocycles. The molecule has 2 amide bonds. The summed E-state index contributed by atoms with van der Waals surface area (Å²) in [5.41, 5.74) is 0.511. The van der Waals surface area contributed by atoms with E-state index in [1.54, 1.807) is 13.0 Å². The van der Waals surface area contributed by atoms with Gasteiger partial charge in [-0.15, -0.1) is 0 Å². The third-order valence-corrected chi connectivity index (χ3v) is 4.30. The zero-order valence-corrected chi connectivity index (χ0v) is 16.8. The summed E-state index contributed by atoms with van der Waals surface area (Å²) in [5.74, 6) is -3.25. The average Bonchev–Trinajstić information content (AvgIpc) is 2.66. The number of carbonyl (C=O) groups excluding carboxylic acids is 2. The first-order chi connectivity index (χ1) is 13.6. The molecule has 1 aromatic carbocycles. The standard InChI is InChI=1S/C17H14ClF3N4O2.C2H6/c1-9-2-3-11-12(4-9)13(17(19,20)21)7-25(15(11)27)8-14(26)24-16-22-5-10(18)6-23-16;1-2/h2-6,13H,7-8H2,1H3,(H,22,23,24,26);1-2H3. The zero-order valence-electron chi connectivity index (χ0n) is 16.0. The molecule has 10 heteroatoms. The van der Waals surface area contributed by atoms with Crippen molar-refractivity contribution in [2.45, 2.75) is 32.9 Å². The molecular weight excluding hydrogens is 409 g/mol. The number of hydrogen-bond acceptors (Lipinski definition) is 4. The molecule has 3 rings (SSSR count). The van der Waals surface area contributed by atoms with Gasteiger partial charge in [0.1, 0.15) is 6.54 Å². The van der Waals surface area contributed by atoms with Crippen LogP contribution in [0.25, 0.3) is 0 Å². The first-order valence-corrected chi connectivity index (χ1v) is 9.27. The van der Waals surface area contributed by atoms with Crippen LogP contribution in [0, 0.1) is 6.92 Å². The van der Waals surface area contributed by atoms with E-state index >= 15 is 0 Å². The topological polar surface area (TPSA) is 75.2 Å². The molecular formula is C19H20ClF3N4O2. The third kappa shape index (κ3) is 5.44. The maximum Gasteiger partial charge on any atom is 0.397 e. The summed E-state index contributed by atoms with van der Waals surface area (Å²) in [5, 5.41) is 2.59. The van der Waals surface area contributed by atoms with Gasteiger partial charge in [0.25, 0.3) is 5.91 Å². The van der Waals surface area contributed by atoms with Crippen molar-refractivity contribution >= 4 is 29.4 Å². The predicted molar refractivity (Wildman–Crippen MR) is 103 cm³/mol. The lowest BCUT2D eigenvalue weighted by atomic mass is 9.87. The molecule has 1 unspecified atom stereocenters. The molecule has 0 spiro atoms. The maximum atomic E-state index is 13.5.